The maximum Gasteiger partial charge on any atom is 0.326 e. The first-order valence-electron chi connectivity index (χ1n) is 11.2. The fourth-order valence-corrected chi connectivity index (χ4v) is 8.21. The third-order valence-corrected chi connectivity index (χ3v) is 10.7. The molecule has 0 aliphatic carbocycles. The number of fused-ring (bicyclic) bond motifs is 1. The number of sulfonamides is 1. The van der Waals surface area contributed by atoms with E-state index in [0.29, 0.717) is 22.0 Å². The van der Waals surface area contributed by atoms with E-state index in [-0.39, 0.29) is 36.4 Å². The number of carbonyl (C=O) groups is 2. The van der Waals surface area contributed by atoms with Gasteiger partial charge in [0.15, 0.2) is 4.80 Å². The molecule has 0 spiro atoms. The monoisotopic (exact) mass is 555 g/mol. The molecular formula is C23H26ClN3O5S3. The predicted molar refractivity (Wildman–Crippen MR) is 137 cm³/mol. The molecule has 188 valence electrons. The molecular weight excluding hydrogens is 530 g/mol. The summed E-state index contributed by atoms with van der Waals surface area (Å²) in [6.07, 6.45) is 0.753. The van der Waals surface area contributed by atoms with E-state index in [4.69, 9.17) is 16.3 Å². The van der Waals surface area contributed by atoms with Crippen molar-refractivity contribution in [3.05, 3.63) is 44.5 Å². The molecule has 1 fully saturated rings. The number of aromatic nitrogens is 1. The molecule has 3 heterocycles. The molecule has 0 radical (unpaired) electrons. The van der Waals surface area contributed by atoms with Crippen LogP contribution in [0.3, 0.4) is 0 Å². The van der Waals surface area contributed by atoms with Crippen LogP contribution in [0.25, 0.3) is 10.2 Å². The number of nitrogens with zero attached hydrogens (tertiary/aromatic N) is 3. The van der Waals surface area contributed by atoms with E-state index in [1.807, 2.05) is 26.0 Å². The van der Waals surface area contributed by atoms with E-state index in [0.717, 1.165) is 32.7 Å². The van der Waals surface area contributed by atoms with E-state index >= 15 is 0 Å². The van der Waals surface area contributed by atoms with Gasteiger partial charge in [0.1, 0.15) is 10.8 Å². The van der Waals surface area contributed by atoms with E-state index in [2.05, 4.69) is 4.99 Å². The lowest BCUT2D eigenvalue weighted by Crippen LogP contribution is -2.40. The maximum atomic E-state index is 13.1. The minimum atomic E-state index is -3.63. The van der Waals surface area contributed by atoms with Gasteiger partial charge in [0.25, 0.3) is 15.9 Å². The fourth-order valence-electron chi connectivity index (χ4n) is 3.99. The minimum Gasteiger partial charge on any atom is -0.465 e. The Balaban J connectivity index is 1.58. The van der Waals surface area contributed by atoms with E-state index in [1.54, 1.807) is 17.6 Å². The van der Waals surface area contributed by atoms with Crippen molar-refractivity contribution >= 4 is 66.4 Å². The second-order valence-corrected chi connectivity index (χ2v) is 13.3. The van der Waals surface area contributed by atoms with Gasteiger partial charge in [0.05, 0.1) is 21.2 Å². The predicted octanol–water partition coefficient (Wildman–Crippen LogP) is 4.13. The molecule has 1 aliphatic heterocycles. The molecule has 4 rings (SSSR count). The second-order valence-electron chi connectivity index (χ2n) is 8.37. The van der Waals surface area contributed by atoms with Crippen LogP contribution in [0.15, 0.2) is 33.5 Å². The summed E-state index contributed by atoms with van der Waals surface area (Å²) in [5.74, 6) is -1.09. The van der Waals surface area contributed by atoms with Crippen molar-refractivity contribution < 1.29 is 22.7 Å². The van der Waals surface area contributed by atoms with Gasteiger partial charge >= 0.3 is 5.97 Å². The zero-order valence-corrected chi connectivity index (χ0v) is 22.8. The number of halogens is 1. The smallest absolute Gasteiger partial charge is 0.326 e. The van der Waals surface area contributed by atoms with Crippen LogP contribution in [0.5, 0.6) is 0 Å². The minimum absolute atomic E-state index is 0.0392. The second kappa shape index (κ2) is 10.5. The summed E-state index contributed by atoms with van der Waals surface area (Å²) in [6.45, 7) is 6.45. The topological polar surface area (TPSA) is 98.0 Å². The van der Waals surface area contributed by atoms with Gasteiger partial charge in [-0.15, -0.1) is 11.3 Å². The number of ether oxygens (including phenoxy) is 1. The number of hydrogen-bond donors (Lipinski definition) is 0. The molecule has 0 saturated carbocycles. The van der Waals surface area contributed by atoms with E-state index < -0.39 is 21.9 Å². The average molecular weight is 556 g/mol. The molecule has 0 atom stereocenters. The molecule has 1 aliphatic rings. The third kappa shape index (κ3) is 5.54. The van der Waals surface area contributed by atoms with Crippen molar-refractivity contribution in [1.29, 1.82) is 0 Å². The van der Waals surface area contributed by atoms with Gasteiger partial charge < -0.3 is 9.30 Å². The van der Waals surface area contributed by atoms with Gasteiger partial charge in [0, 0.05) is 19.0 Å². The zero-order valence-electron chi connectivity index (χ0n) is 19.6. The highest BCUT2D eigenvalue weighted by Gasteiger charge is 2.33. The molecule has 1 amide bonds. The number of thiazole rings is 1. The maximum absolute atomic E-state index is 13.1. The summed E-state index contributed by atoms with van der Waals surface area (Å²) in [5.41, 5.74) is 3.01. The highest BCUT2D eigenvalue weighted by atomic mass is 35.5. The molecule has 8 nitrogen and oxygen atoms in total. The quantitative estimate of drug-likeness (QED) is 0.426. The molecule has 2 aromatic heterocycles. The Kier molecular flexibility index (Phi) is 7.82. The first-order valence-corrected chi connectivity index (χ1v) is 14.7. The van der Waals surface area contributed by atoms with Gasteiger partial charge in [-0.3, -0.25) is 9.59 Å². The van der Waals surface area contributed by atoms with Crippen molar-refractivity contribution in [2.45, 2.75) is 44.4 Å². The fraction of sp³-hybridized carbons (Fsp3) is 0.435. The number of benzene rings is 1. The molecule has 0 N–H and O–H groups in total. The lowest BCUT2D eigenvalue weighted by molar-refractivity contribution is -0.143. The van der Waals surface area contributed by atoms with Crippen LogP contribution < -0.4 is 4.80 Å². The highest BCUT2D eigenvalue weighted by Crippen LogP contribution is 2.31. The van der Waals surface area contributed by atoms with Crippen molar-refractivity contribution in [2.24, 2.45) is 10.9 Å². The average Bonchev–Trinajstić information content (AvgIpc) is 3.39. The number of rotatable bonds is 6. The number of esters is 1. The molecule has 0 unspecified atom stereocenters. The van der Waals surface area contributed by atoms with Crippen molar-refractivity contribution in [3.8, 4) is 0 Å². The highest BCUT2D eigenvalue weighted by molar-refractivity contribution is 7.91. The number of aryl methyl sites for hydroxylation is 2. The van der Waals surface area contributed by atoms with Crippen LogP contribution in [-0.4, -0.2) is 48.9 Å². The number of carbonyl (C=O) groups excluding carboxylic acids is 2. The van der Waals surface area contributed by atoms with E-state index in [1.165, 1.54) is 21.7 Å². The van der Waals surface area contributed by atoms with Gasteiger partial charge in [0.2, 0.25) is 0 Å². The summed E-state index contributed by atoms with van der Waals surface area (Å²) in [6, 6.07) is 7.08. The Morgan fingerprint density at radius 3 is 2.46 bits per heavy atom. The van der Waals surface area contributed by atoms with Gasteiger partial charge in [-0.05, 0) is 69.0 Å². The van der Waals surface area contributed by atoms with Crippen molar-refractivity contribution in [1.82, 2.24) is 8.87 Å². The van der Waals surface area contributed by atoms with Gasteiger partial charge in [-0.2, -0.15) is 9.30 Å². The van der Waals surface area contributed by atoms with Gasteiger partial charge in [-0.1, -0.05) is 22.9 Å². The summed E-state index contributed by atoms with van der Waals surface area (Å²) < 4.78 is 35.5. The van der Waals surface area contributed by atoms with Crippen molar-refractivity contribution in [2.75, 3.05) is 19.7 Å². The molecule has 12 heteroatoms. The Morgan fingerprint density at radius 2 is 1.83 bits per heavy atom. The Bertz CT molecular complexity index is 1450. The first kappa shape index (κ1) is 26.0. The standard InChI is InChI=1S/C23H26ClN3O5S3/c1-4-32-20(28)13-27-17-11-14(2)15(3)12-18(17)33-23(27)25-22(29)16-7-9-26(10-8-16)35(30,31)21-6-5-19(24)34-21/h5-6,11-12,16H,4,7-10,13H2,1-3H3. The third-order valence-electron chi connectivity index (χ3n) is 6.04. The largest absolute Gasteiger partial charge is 0.465 e. The summed E-state index contributed by atoms with van der Waals surface area (Å²) in [4.78, 5) is 30.2. The summed E-state index contributed by atoms with van der Waals surface area (Å²) >= 11 is 8.28. The van der Waals surface area contributed by atoms with Crippen LogP contribution in [-0.2, 0) is 30.9 Å². The number of thiophene rings is 1. The van der Waals surface area contributed by atoms with Crippen LogP contribution in [0.4, 0.5) is 0 Å². The van der Waals surface area contributed by atoms with Crippen LogP contribution in [0.2, 0.25) is 4.34 Å². The summed E-state index contributed by atoms with van der Waals surface area (Å²) in [5, 5.41) is 0. The Hall–Kier alpha value is -2.05. The Morgan fingerprint density at radius 1 is 1.14 bits per heavy atom. The molecule has 1 saturated heterocycles. The molecule has 0 bridgehead atoms. The number of piperidine rings is 1. The first-order chi connectivity index (χ1) is 16.6. The van der Waals surface area contributed by atoms with Gasteiger partial charge in [-0.25, -0.2) is 8.42 Å². The lowest BCUT2D eigenvalue weighted by atomic mass is 9.98. The number of amides is 1. The number of hydrogen-bond acceptors (Lipinski definition) is 7. The zero-order chi connectivity index (χ0) is 25.3. The van der Waals surface area contributed by atoms with Crippen LogP contribution in [0.1, 0.15) is 30.9 Å². The van der Waals surface area contributed by atoms with Crippen molar-refractivity contribution in [3.63, 3.8) is 0 Å². The Labute approximate surface area is 216 Å². The molecule has 35 heavy (non-hydrogen) atoms. The van der Waals surface area contributed by atoms with Crippen LogP contribution >= 0.6 is 34.3 Å². The molecule has 3 aromatic rings. The lowest BCUT2D eigenvalue weighted by Gasteiger charge is -2.29. The van der Waals surface area contributed by atoms with Crippen LogP contribution in [0, 0.1) is 19.8 Å². The normalized spacial score (nSPS) is 16.2. The SMILES string of the molecule is CCOC(=O)Cn1c(=NC(=O)C2CCN(S(=O)(=O)c3ccc(Cl)s3)CC2)sc2cc(C)c(C)cc21. The molecule has 1 aromatic carbocycles. The van der Waals surface area contributed by atoms with E-state index in [9.17, 15) is 18.0 Å². The summed E-state index contributed by atoms with van der Waals surface area (Å²) in [7, 11) is -3.63.